The number of fused-ring (bicyclic) bond motifs is 2. The number of rotatable bonds is 4. The van der Waals surface area contributed by atoms with Crippen LogP contribution in [0.3, 0.4) is 0 Å². The Balaban J connectivity index is 2.20. The molecule has 0 aliphatic heterocycles. The van der Waals surface area contributed by atoms with Gasteiger partial charge in [-0.05, 0) is 38.0 Å². The fourth-order valence-corrected chi connectivity index (χ4v) is 3.53. The maximum Gasteiger partial charge on any atom is 0.312 e. The van der Waals surface area contributed by atoms with Crippen molar-refractivity contribution < 1.29 is 19.4 Å². The van der Waals surface area contributed by atoms with Crippen molar-refractivity contribution in [1.82, 2.24) is 0 Å². The molecular formula is C12H18O4. The number of ether oxygens (including phenoxy) is 1. The van der Waals surface area contributed by atoms with Crippen LogP contribution in [0.15, 0.2) is 0 Å². The van der Waals surface area contributed by atoms with Crippen molar-refractivity contribution in [2.45, 2.75) is 39.0 Å². The van der Waals surface area contributed by atoms with Crippen LogP contribution >= 0.6 is 0 Å². The number of hydrogen-bond acceptors (Lipinski definition) is 3. The topological polar surface area (TPSA) is 63.6 Å². The van der Waals surface area contributed by atoms with Crippen molar-refractivity contribution in [2.75, 3.05) is 6.61 Å². The van der Waals surface area contributed by atoms with E-state index in [1.807, 2.05) is 0 Å². The fraction of sp³-hybridized carbons (Fsp3) is 0.833. The number of carboxylic acids is 1. The number of hydrogen-bond donors (Lipinski definition) is 1. The van der Waals surface area contributed by atoms with E-state index in [1.54, 1.807) is 6.92 Å². The average molecular weight is 226 g/mol. The third-order valence-electron chi connectivity index (χ3n) is 4.12. The Morgan fingerprint density at radius 3 is 2.62 bits per heavy atom. The van der Waals surface area contributed by atoms with Gasteiger partial charge in [-0.3, -0.25) is 9.59 Å². The highest BCUT2D eigenvalue weighted by molar-refractivity contribution is 5.83. The van der Waals surface area contributed by atoms with Gasteiger partial charge in [-0.2, -0.15) is 0 Å². The Hall–Kier alpha value is -1.06. The van der Waals surface area contributed by atoms with Crippen LogP contribution in [0, 0.1) is 17.3 Å². The molecule has 3 unspecified atom stereocenters. The monoisotopic (exact) mass is 226 g/mol. The van der Waals surface area contributed by atoms with Gasteiger partial charge in [0.1, 0.15) is 0 Å². The molecule has 90 valence electrons. The number of carboxylic acid groups (broad SMARTS) is 1. The molecule has 0 aromatic carbocycles. The molecule has 2 fully saturated rings. The summed E-state index contributed by atoms with van der Waals surface area (Å²) in [5.41, 5.74) is -0.717. The molecule has 1 N–H and O–H groups in total. The summed E-state index contributed by atoms with van der Waals surface area (Å²) in [7, 11) is 0. The van der Waals surface area contributed by atoms with Gasteiger partial charge in [-0.15, -0.1) is 0 Å². The van der Waals surface area contributed by atoms with E-state index in [0.29, 0.717) is 18.9 Å². The molecule has 2 aliphatic carbocycles. The van der Waals surface area contributed by atoms with Crippen molar-refractivity contribution in [3.8, 4) is 0 Å². The minimum absolute atomic E-state index is 0.0625. The molecule has 0 aromatic heterocycles. The lowest BCUT2D eigenvalue weighted by Gasteiger charge is -2.33. The minimum Gasteiger partial charge on any atom is -0.481 e. The van der Waals surface area contributed by atoms with Crippen LogP contribution in [0.1, 0.15) is 39.0 Å². The lowest BCUT2D eigenvalue weighted by atomic mass is 9.71. The molecule has 0 amide bonds. The van der Waals surface area contributed by atoms with Crippen molar-refractivity contribution in [1.29, 1.82) is 0 Å². The SMILES string of the molecule is CCOC(=O)C1(CC(=O)O)CC2CCC1C2. The molecule has 2 saturated carbocycles. The van der Waals surface area contributed by atoms with Crippen LogP contribution in [0.4, 0.5) is 0 Å². The van der Waals surface area contributed by atoms with Crippen LogP contribution < -0.4 is 0 Å². The Kier molecular flexibility index (Phi) is 2.91. The Morgan fingerprint density at radius 1 is 1.44 bits per heavy atom. The molecule has 4 heteroatoms. The van der Waals surface area contributed by atoms with E-state index in [0.717, 1.165) is 19.3 Å². The van der Waals surface area contributed by atoms with Gasteiger partial charge in [-0.1, -0.05) is 6.42 Å². The van der Waals surface area contributed by atoms with Gasteiger partial charge in [0.05, 0.1) is 18.4 Å². The summed E-state index contributed by atoms with van der Waals surface area (Å²) >= 11 is 0. The van der Waals surface area contributed by atoms with Crippen molar-refractivity contribution in [3.63, 3.8) is 0 Å². The third-order valence-corrected chi connectivity index (χ3v) is 4.12. The largest absolute Gasteiger partial charge is 0.481 e. The molecule has 16 heavy (non-hydrogen) atoms. The molecule has 0 heterocycles. The Bertz CT molecular complexity index is 312. The lowest BCUT2D eigenvalue weighted by Crippen LogP contribution is -2.40. The molecule has 4 nitrogen and oxygen atoms in total. The summed E-state index contributed by atoms with van der Waals surface area (Å²) in [5.74, 6) is -0.411. The van der Waals surface area contributed by atoms with Gasteiger partial charge in [-0.25, -0.2) is 0 Å². The molecule has 2 rings (SSSR count). The van der Waals surface area contributed by atoms with Crippen molar-refractivity contribution in [2.24, 2.45) is 17.3 Å². The predicted molar refractivity (Wildman–Crippen MR) is 56.8 cm³/mol. The first-order valence-electron chi connectivity index (χ1n) is 5.97. The van der Waals surface area contributed by atoms with Crippen LogP contribution in [0.25, 0.3) is 0 Å². The van der Waals surface area contributed by atoms with E-state index in [-0.39, 0.29) is 18.3 Å². The Morgan fingerprint density at radius 2 is 2.19 bits per heavy atom. The second-order valence-electron chi connectivity index (χ2n) is 5.03. The zero-order chi connectivity index (χ0) is 11.8. The first-order valence-corrected chi connectivity index (χ1v) is 5.97. The number of carbonyl (C=O) groups excluding carboxylic acids is 1. The standard InChI is InChI=1S/C12H18O4/c1-2-16-11(15)12(7-10(13)14)6-8-3-4-9(12)5-8/h8-9H,2-7H2,1H3,(H,13,14). The summed E-state index contributed by atoms with van der Waals surface area (Å²) in [6.45, 7) is 2.09. The number of esters is 1. The van der Waals surface area contributed by atoms with Gasteiger partial charge in [0.25, 0.3) is 0 Å². The first kappa shape index (κ1) is 11.4. The second kappa shape index (κ2) is 4.07. The summed E-state index contributed by atoms with van der Waals surface area (Å²) in [6.07, 6.45) is 3.78. The zero-order valence-corrected chi connectivity index (χ0v) is 9.57. The highest BCUT2D eigenvalue weighted by Crippen LogP contribution is 2.58. The van der Waals surface area contributed by atoms with Crippen molar-refractivity contribution in [3.05, 3.63) is 0 Å². The highest BCUT2D eigenvalue weighted by atomic mass is 16.5. The molecule has 0 radical (unpaired) electrons. The molecule has 3 atom stereocenters. The maximum absolute atomic E-state index is 12.0. The lowest BCUT2D eigenvalue weighted by molar-refractivity contribution is -0.164. The van der Waals surface area contributed by atoms with Crippen LogP contribution in [-0.2, 0) is 14.3 Å². The van der Waals surface area contributed by atoms with Gasteiger partial charge >= 0.3 is 11.9 Å². The smallest absolute Gasteiger partial charge is 0.312 e. The number of carbonyl (C=O) groups is 2. The third kappa shape index (κ3) is 1.70. The average Bonchev–Trinajstić information content (AvgIpc) is 2.77. The van der Waals surface area contributed by atoms with E-state index in [1.165, 1.54) is 0 Å². The van der Waals surface area contributed by atoms with E-state index in [2.05, 4.69) is 0 Å². The summed E-state index contributed by atoms with van der Waals surface area (Å²) < 4.78 is 5.08. The zero-order valence-electron chi connectivity index (χ0n) is 9.57. The Labute approximate surface area is 95.0 Å². The molecule has 0 aromatic rings. The predicted octanol–water partition coefficient (Wildman–Crippen LogP) is 1.83. The van der Waals surface area contributed by atoms with E-state index in [9.17, 15) is 9.59 Å². The van der Waals surface area contributed by atoms with Crippen LogP contribution in [0.5, 0.6) is 0 Å². The van der Waals surface area contributed by atoms with E-state index < -0.39 is 11.4 Å². The molecule has 0 spiro atoms. The molecule has 2 bridgehead atoms. The van der Waals surface area contributed by atoms with E-state index in [4.69, 9.17) is 9.84 Å². The number of aliphatic carboxylic acids is 1. The molecular weight excluding hydrogens is 208 g/mol. The van der Waals surface area contributed by atoms with Crippen LogP contribution in [0.2, 0.25) is 0 Å². The summed E-state index contributed by atoms with van der Waals surface area (Å²) in [5, 5.41) is 8.98. The normalized spacial score (nSPS) is 36.3. The molecule has 0 saturated heterocycles. The van der Waals surface area contributed by atoms with Gasteiger partial charge in [0.2, 0.25) is 0 Å². The highest BCUT2D eigenvalue weighted by Gasteiger charge is 2.57. The van der Waals surface area contributed by atoms with E-state index >= 15 is 0 Å². The van der Waals surface area contributed by atoms with Crippen LogP contribution in [-0.4, -0.2) is 23.7 Å². The summed E-state index contributed by atoms with van der Waals surface area (Å²) in [4.78, 5) is 22.9. The summed E-state index contributed by atoms with van der Waals surface area (Å²) in [6, 6.07) is 0. The van der Waals surface area contributed by atoms with Gasteiger partial charge in [0, 0.05) is 0 Å². The maximum atomic E-state index is 12.0. The second-order valence-corrected chi connectivity index (χ2v) is 5.03. The first-order chi connectivity index (χ1) is 7.58. The van der Waals surface area contributed by atoms with Crippen molar-refractivity contribution >= 4 is 11.9 Å². The molecule has 2 aliphatic rings. The van der Waals surface area contributed by atoms with Gasteiger partial charge in [0.15, 0.2) is 0 Å². The fourth-order valence-electron chi connectivity index (χ4n) is 3.53. The minimum atomic E-state index is -0.888. The van der Waals surface area contributed by atoms with Gasteiger partial charge < -0.3 is 9.84 Å². The quantitative estimate of drug-likeness (QED) is 0.743.